The fourth-order valence-corrected chi connectivity index (χ4v) is 3.63. The van der Waals surface area contributed by atoms with E-state index in [9.17, 15) is 0 Å². The average molecular weight is 390 g/mol. The number of rotatable bonds is 5. The van der Waals surface area contributed by atoms with Crippen LogP contribution in [0, 0.1) is 19.3 Å². The SMILES string of the molecule is CC1=C/C(=N\c2c(NCCN(C)C)nn3ccccc23)C(=N)c2c1[nH]c(C)c2C. The smallest absolute Gasteiger partial charge is 0.175 e. The summed E-state index contributed by atoms with van der Waals surface area (Å²) >= 11 is 0. The fourth-order valence-electron chi connectivity index (χ4n) is 3.63. The summed E-state index contributed by atoms with van der Waals surface area (Å²) in [6.07, 6.45) is 3.90. The number of allylic oxidation sites excluding steroid dienone is 2. The fraction of sp³-hybridized carbons (Fsp3) is 0.318. The first-order chi connectivity index (χ1) is 13.9. The first kappa shape index (κ1) is 19.1. The van der Waals surface area contributed by atoms with E-state index in [1.807, 2.05) is 56.0 Å². The molecule has 7 nitrogen and oxygen atoms in total. The molecule has 150 valence electrons. The lowest BCUT2D eigenvalue weighted by atomic mass is 9.92. The first-order valence-corrected chi connectivity index (χ1v) is 9.78. The number of hydrogen-bond donors (Lipinski definition) is 3. The van der Waals surface area contributed by atoms with Crippen LogP contribution in [0.2, 0.25) is 0 Å². The van der Waals surface area contributed by atoms with Gasteiger partial charge in [-0.1, -0.05) is 6.07 Å². The number of aromatic nitrogens is 3. The predicted molar refractivity (Wildman–Crippen MR) is 120 cm³/mol. The van der Waals surface area contributed by atoms with E-state index in [0.717, 1.165) is 58.2 Å². The van der Waals surface area contributed by atoms with Crippen molar-refractivity contribution in [2.24, 2.45) is 4.99 Å². The molecule has 0 aromatic carbocycles. The summed E-state index contributed by atoms with van der Waals surface area (Å²) < 4.78 is 1.83. The third-order valence-corrected chi connectivity index (χ3v) is 5.35. The van der Waals surface area contributed by atoms with Crippen LogP contribution in [0.3, 0.4) is 0 Å². The summed E-state index contributed by atoms with van der Waals surface area (Å²) in [5.74, 6) is 0.733. The van der Waals surface area contributed by atoms with Gasteiger partial charge >= 0.3 is 0 Å². The molecule has 4 rings (SSSR count). The molecule has 3 aromatic rings. The van der Waals surface area contributed by atoms with Gasteiger partial charge in [0.1, 0.15) is 5.69 Å². The van der Waals surface area contributed by atoms with Crippen molar-refractivity contribution in [1.82, 2.24) is 19.5 Å². The van der Waals surface area contributed by atoms with Gasteiger partial charge in [0, 0.05) is 30.5 Å². The van der Waals surface area contributed by atoms with E-state index in [4.69, 9.17) is 10.4 Å². The van der Waals surface area contributed by atoms with E-state index in [1.54, 1.807) is 0 Å². The van der Waals surface area contributed by atoms with Crippen molar-refractivity contribution in [3.05, 3.63) is 53.0 Å². The Balaban J connectivity index is 1.80. The molecule has 0 spiro atoms. The van der Waals surface area contributed by atoms with Gasteiger partial charge in [0.15, 0.2) is 5.82 Å². The molecule has 1 aliphatic rings. The molecule has 3 heterocycles. The zero-order valence-electron chi connectivity index (χ0n) is 17.6. The summed E-state index contributed by atoms with van der Waals surface area (Å²) in [5, 5.41) is 16.9. The second-order valence-corrected chi connectivity index (χ2v) is 7.78. The molecule has 29 heavy (non-hydrogen) atoms. The number of anilines is 1. The van der Waals surface area contributed by atoms with Crippen LogP contribution in [0.15, 0.2) is 35.5 Å². The molecule has 0 saturated carbocycles. The average Bonchev–Trinajstić information content (AvgIpc) is 3.17. The van der Waals surface area contributed by atoms with E-state index >= 15 is 0 Å². The maximum Gasteiger partial charge on any atom is 0.175 e. The van der Waals surface area contributed by atoms with Crippen LogP contribution in [0.5, 0.6) is 0 Å². The lowest BCUT2D eigenvalue weighted by Gasteiger charge is -2.15. The lowest BCUT2D eigenvalue weighted by Crippen LogP contribution is -2.21. The van der Waals surface area contributed by atoms with Gasteiger partial charge in [-0.3, -0.25) is 5.41 Å². The molecular formula is C22H27N7. The maximum absolute atomic E-state index is 8.80. The molecular weight excluding hydrogens is 362 g/mol. The Kier molecular flexibility index (Phi) is 4.84. The Morgan fingerprint density at radius 1 is 1.24 bits per heavy atom. The van der Waals surface area contributed by atoms with Gasteiger partial charge in [-0.15, -0.1) is 5.10 Å². The standard InChI is InChI=1S/C22H27N7/c1-13-12-16(19(23)18-14(2)15(3)25-20(13)18)26-21-17-8-6-7-10-29(17)27-22(21)24-9-11-28(4)5/h6-8,10,12,23,25H,9,11H2,1-5H3,(H,24,27)/b23-19?,26-16+. The number of fused-ring (bicyclic) bond motifs is 2. The Labute approximate surface area is 170 Å². The van der Waals surface area contributed by atoms with Crippen molar-refractivity contribution in [1.29, 1.82) is 5.41 Å². The summed E-state index contributed by atoms with van der Waals surface area (Å²) in [4.78, 5) is 10.5. The molecule has 0 atom stereocenters. The molecule has 0 fully saturated rings. The highest BCUT2D eigenvalue weighted by Gasteiger charge is 2.25. The Bertz CT molecular complexity index is 1160. The van der Waals surface area contributed by atoms with Crippen molar-refractivity contribution in [3.63, 3.8) is 0 Å². The molecule has 0 unspecified atom stereocenters. The first-order valence-electron chi connectivity index (χ1n) is 9.78. The van der Waals surface area contributed by atoms with Crippen LogP contribution in [0.25, 0.3) is 11.1 Å². The topological polar surface area (TPSA) is 84.6 Å². The minimum absolute atomic E-state index is 0.446. The number of aryl methyl sites for hydroxylation is 1. The second kappa shape index (κ2) is 7.33. The van der Waals surface area contributed by atoms with E-state index in [1.165, 1.54) is 0 Å². The van der Waals surface area contributed by atoms with Gasteiger partial charge in [-0.25, -0.2) is 9.51 Å². The number of aliphatic imine (C=N–C) groups is 1. The molecule has 0 amide bonds. The van der Waals surface area contributed by atoms with Crippen LogP contribution in [0.1, 0.15) is 29.4 Å². The second-order valence-electron chi connectivity index (χ2n) is 7.78. The molecule has 3 aromatic heterocycles. The monoisotopic (exact) mass is 389 g/mol. The quantitative estimate of drug-likeness (QED) is 0.620. The van der Waals surface area contributed by atoms with Gasteiger partial charge in [0.25, 0.3) is 0 Å². The van der Waals surface area contributed by atoms with Gasteiger partial charge < -0.3 is 15.2 Å². The van der Waals surface area contributed by atoms with E-state index in [2.05, 4.69) is 34.1 Å². The minimum atomic E-state index is 0.446. The van der Waals surface area contributed by atoms with Gasteiger partial charge in [-0.05, 0) is 64.2 Å². The van der Waals surface area contributed by atoms with Crippen LogP contribution in [-0.2, 0) is 0 Å². The van der Waals surface area contributed by atoms with Crippen molar-refractivity contribution in [2.75, 3.05) is 32.5 Å². The number of H-pyrrole nitrogens is 1. The van der Waals surface area contributed by atoms with E-state index < -0.39 is 0 Å². The summed E-state index contributed by atoms with van der Waals surface area (Å²) in [6, 6.07) is 5.93. The highest BCUT2D eigenvalue weighted by molar-refractivity contribution is 6.54. The van der Waals surface area contributed by atoms with Gasteiger partial charge in [0.05, 0.1) is 22.6 Å². The van der Waals surface area contributed by atoms with Crippen LogP contribution in [-0.4, -0.2) is 58.1 Å². The third-order valence-electron chi connectivity index (χ3n) is 5.35. The highest BCUT2D eigenvalue weighted by atomic mass is 15.3. The highest BCUT2D eigenvalue weighted by Crippen LogP contribution is 2.33. The van der Waals surface area contributed by atoms with E-state index in [-0.39, 0.29) is 0 Å². The molecule has 0 aliphatic heterocycles. The van der Waals surface area contributed by atoms with Crippen LogP contribution < -0.4 is 5.32 Å². The molecule has 0 bridgehead atoms. The van der Waals surface area contributed by atoms with Gasteiger partial charge in [0.2, 0.25) is 0 Å². The summed E-state index contributed by atoms with van der Waals surface area (Å²) in [7, 11) is 4.09. The molecule has 3 N–H and O–H groups in total. The van der Waals surface area contributed by atoms with Crippen molar-refractivity contribution in [2.45, 2.75) is 20.8 Å². The lowest BCUT2D eigenvalue weighted by molar-refractivity contribution is 0.425. The number of likely N-dealkylation sites (N-methyl/N-ethyl adjacent to an activating group) is 1. The number of aromatic amines is 1. The van der Waals surface area contributed by atoms with Crippen molar-refractivity contribution >= 4 is 34.0 Å². The molecule has 1 aliphatic carbocycles. The largest absolute Gasteiger partial charge is 0.365 e. The number of nitrogens with one attached hydrogen (secondary N) is 3. The van der Waals surface area contributed by atoms with Crippen LogP contribution in [0.4, 0.5) is 11.5 Å². The van der Waals surface area contributed by atoms with E-state index in [0.29, 0.717) is 11.4 Å². The zero-order chi connectivity index (χ0) is 20.7. The minimum Gasteiger partial charge on any atom is -0.365 e. The normalized spacial score (nSPS) is 15.3. The number of hydrogen-bond acceptors (Lipinski definition) is 5. The maximum atomic E-state index is 8.80. The number of nitrogens with zero attached hydrogens (tertiary/aromatic N) is 4. The van der Waals surface area contributed by atoms with Gasteiger partial charge in [-0.2, -0.15) is 0 Å². The predicted octanol–water partition coefficient (Wildman–Crippen LogP) is 3.81. The Morgan fingerprint density at radius 3 is 2.79 bits per heavy atom. The third kappa shape index (κ3) is 3.38. The van der Waals surface area contributed by atoms with Crippen molar-refractivity contribution < 1.29 is 0 Å². The summed E-state index contributed by atoms with van der Waals surface area (Å²) in [5.41, 5.74) is 8.04. The number of pyridine rings is 1. The Morgan fingerprint density at radius 2 is 2.03 bits per heavy atom. The van der Waals surface area contributed by atoms with Crippen molar-refractivity contribution in [3.8, 4) is 0 Å². The molecule has 0 radical (unpaired) electrons. The Hall–Kier alpha value is -3.19. The molecule has 7 heteroatoms. The zero-order valence-corrected chi connectivity index (χ0v) is 17.6. The van der Waals surface area contributed by atoms with Crippen LogP contribution >= 0.6 is 0 Å². The molecule has 0 saturated heterocycles. The summed E-state index contributed by atoms with van der Waals surface area (Å²) in [6.45, 7) is 7.82.